The van der Waals surface area contributed by atoms with Crippen LogP contribution in [0, 0.1) is 20.8 Å². The predicted molar refractivity (Wildman–Crippen MR) is 111 cm³/mol. The molecule has 1 amide bonds. The third-order valence-corrected chi connectivity index (χ3v) is 4.23. The molecule has 26 heavy (non-hydrogen) atoms. The van der Waals surface area contributed by atoms with E-state index in [1.807, 2.05) is 13.8 Å². The van der Waals surface area contributed by atoms with E-state index in [9.17, 15) is 4.79 Å². The van der Waals surface area contributed by atoms with Crippen molar-refractivity contribution < 1.29 is 9.53 Å². The third kappa shape index (κ3) is 5.56. The van der Waals surface area contributed by atoms with Crippen LogP contribution in [0.1, 0.15) is 46.8 Å². The van der Waals surface area contributed by atoms with Gasteiger partial charge in [0.25, 0.3) is 5.91 Å². The fourth-order valence-electron chi connectivity index (χ4n) is 2.73. The van der Waals surface area contributed by atoms with Crippen LogP contribution in [0.5, 0.6) is 5.75 Å². The first-order valence-electron chi connectivity index (χ1n) is 8.83. The number of thiocarbonyl (C=S) groups is 1. The number of rotatable bonds is 6. The van der Waals surface area contributed by atoms with Gasteiger partial charge in [-0.3, -0.25) is 10.1 Å². The van der Waals surface area contributed by atoms with Crippen molar-refractivity contribution in [2.45, 2.75) is 40.5 Å². The van der Waals surface area contributed by atoms with Gasteiger partial charge in [0.15, 0.2) is 5.11 Å². The number of hydrogen-bond donors (Lipinski definition) is 2. The van der Waals surface area contributed by atoms with Gasteiger partial charge in [0.05, 0.1) is 6.61 Å². The summed E-state index contributed by atoms with van der Waals surface area (Å²) in [5.74, 6) is 0.520. The largest absolute Gasteiger partial charge is 0.494 e. The summed E-state index contributed by atoms with van der Waals surface area (Å²) in [5.41, 5.74) is 4.84. The Kier molecular flexibility index (Phi) is 7.16. The Labute approximate surface area is 161 Å². The van der Waals surface area contributed by atoms with E-state index in [0.717, 1.165) is 35.4 Å². The van der Waals surface area contributed by atoms with Gasteiger partial charge < -0.3 is 10.1 Å². The van der Waals surface area contributed by atoms with Crippen LogP contribution in [-0.4, -0.2) is 17.6 Å². The molecule has 5 heteroatoms. The van der Waals surface area contributed by atoms with Crippen LogP contribution in [-0.2, 0) is 0 Å². The molecular weight excluding hydrogens is 344 g/mol. The standard InChI is InChI=1S/C21H26N2O2S/c1-5-6-11-25-18-9-7-17(8-10-18)20(24)23-21(26)22-19-15(3)12-14(2)13-16(19)4/h7-10,12-13H,5-6,11H2,1-4H3,(H2,22,23,24,26). The molecule has 0 bridgehead atoms. The molecule has 0 heterocycles. The molecule has 0 radical (unpaired) electrons. The molecule has 4 nitrogen and oxygen atoms in total. The van der Waals surface area contributed by atoms with Gasteiger partial charge in [0.2, 0.25) is 0 Å². The molecule has 0 aliphatic carbocycles. The minimum atomic E-state index is -0.245. The van der Waals surface area contributed by atoms with E-state index in [0.29, 0.717) is 12.2 Å². The summed E-state index contributed by atoms with van der Waals surface area (Å²) < 4.78 is 5.61. The van der Waals surface area contributed by atoms with Gasteiger partial charge in [-0.25, -0.2) is 0 Å². The van der Waals surface area contributed by atoms with Crippen molar-refractivity contribution in [2.75, 3.05) is 11.9 Å². The zero-order valence-corrected chi connectivity index (χ0v) is 16.6. The highest BCUT2D eigenvalue weighted by atomic mass is 32.1. The summed E-state index contributed by atoms with van der Waals surface area (Å²) in [6.07, 6.45) is 2.10. The van der Waals surface area contributed by atoms with Gasteiger partial charge in [-0.1, -0.05) is 31.0 Å². The number of hydrogen-bond acceptors (Lipinski definition) is 3. The number of nitrogens with one attached hydrogen (secondary N) is 2. The molecule has 138 valence electrons. The van der Waals surface area contributed by atoms with E-state index in [-0.39, 0.29) is 11.0 Å². The van der Waals surface area contributed by atoms with E-state index >= 15 is 0 Å². The second-order valence-corrected chi connectivity index (χ2v) is 6.82. The van der Waals surface area contributed by atoms with Gasteiger partial charge in [-0.15, -0.1) is 0 Å². The molecule has 2 N–H and O–H groups in total. The summed E-state index contributed by atoms with van der Waals surface area (Å²) in [7, 11) is 0. The lowest BCUT2D eigenvalue weighted by Crippen LogP contribution is -2.34. The number of aryl methyl sites for hydroxylation is 3. The predicted octanol–water partition coefficient (Wildman–Crippen LogP) is 4.92. The highest BCUT2D eigenvalue weighted by Gasteiger charge is 2.10. The molecule has 0 aliphatic heterocycles. The molecule has 0 saturated carbocycles. The van der Waals surface area contributed by atoms with Crippen molar-refractivity contribution in [3.05, 3.63) is 58.7 Å². The second kappa shape index (κ2) is 9.34. The van der Waals surface area contributed by atoms with Crippen LogP contribution in [0.25, 0.3) is 0 Å². The molecule has 2 aromatic rings. The van der Waals surface area contributed by atoms with E-state index < -0.39 is 0 Å². The Balaban J connectivity index is 1.96. The Bertz CT molecular complexity index is 762. The van der Waals surface area contributed by atoms with Crippen LogP contribution in [0.15, 0.2) is 36.4 Å². The smallest absolute Gasteiger partial charge is 0.257 e. The maximum absolute atomic E-state index is 12.4. The summed E-state index contributed by atoms with van der Waals surface area (Å²) >= 11 is 5.29. The lowest BCUT2D eigenvalue weighted by atomic mass is 10.1. The number of unbranched alkanes of at least 4 members (excludes halogenated alkanes) is 1. The molecule has 2 rings (SSSR count). The van der Waals surface area contributed by atoms with Crippen molar-refractivity contribution in [1.82, 2.24) is 5.32 Å². The highest BCUT2D eigenvalue weighted by molar-refractivity contribution is 7.80. The van der Waals surface area contributed by atoms with Gasteiger partial charge in [0.1, 0.15) is 5.75 Å². The number of carbonyl (C=O) groups is 1. The van der Waals surface area contributed by atoms with Crippen molar-refractivity contribution in [3.63, 3.8) is 0 Å². The molecular formula is C21H26N2O2S. The Morgan fingerprint density at radius 1 is 1.08 bits per heavy atom. The lowest BCUT2D eigenvalue weighted by molar-refractivity contribution is 0.0977. The van der Waals surface area contributed by atoms with Gasteiger partial charge in [-0.05, 0) is 74.8 Å². The number of carbonyl (C=O) groups excluding carboxylic acids is 1. The number of benzene rings is 2. The molecule has 2 aromatic carbocycles. The Hall–Kier alpha value is -2.40. The molecule has 0 spiro atoms. The topological polar surface area (TPSA) is 50.4 Å². The van der Waals surface area contributed by atoms with Gasteiger partial charge >= 0.3 is 0 Å². The summed E-state index contributed by atoms with van der Waals surface area (Å²) in [5, 5.41) is 6.14. The molecule has 0 saturated heterocycles. The maximum atomic E-state index is 12.4. The molecule has 0 unspecified atom stereocenters. The van der Waals surface area contributed by atoms with Crippen molar-refractivity contribution >= 4 is 28.9 Å². The van der Waals surface area contributed by atoms with Crippen molar-refractivity contribution in [2.24, 2.45) is 0 Å². The monoisotopic (exact) mass is 370 g/mol. The average Bonchev–Trinajstić information content (AvgIpc) is 2.59. The first-order chi connectivity index (χ1) is 12.4. The number of amides is 1. The maximum Gasteiger partial charge on any atom is 0.257 e. The molecule has 0 aromatic heterocycles. The molecule has 0 atom stereocenters. The minimum absolute atomic E-state index is 0.245. The van der Waals surface area contributed by atoms with Crippen LogP contribution in [0.3, 0.4) is 0 Å². The van der Waals surface area contributed by atoms with E-state index in [2.05, 4.69) is 36.6 Å². The zero-order valence-electron chi connectivity index (χ0n) is 15.8. The Morgan fingerprint density at radius 2 is 1.69 bits per heavy atom. The number of ether oxygens (including phenoxy) is 1. The Morgan fingerprint density at radius 3 is 2.27 bits per heavy atom. The highest BCUT2D eigenvalue weighted by Crippen LogP contribution is 2.21. The molecule has 0 aliphatic rings. The summed E-state index contributed by atoms with van der Waals surface area (Å²) in [6.45, 7) is 8.90. The zero-order chi connectivity index (χ0) is 19.1. The SMILES string of the molecule is CCCCOc1ccc(C(=O)NC(=S)Nc2c(C)cc(C)cc2C)cc1. The van der Waals surface area contributed by atoms with Crippen LogP contribution < -0.4 is 15.4 Å². The van der Waals surface area contributed by atoms with Crippen LogP contribution in [0.4, 0.5) is 5.69 Å². The first-order valence-corrected chi connectivity index (χ1v) is 9.24. The first kappa shape index (κ1) is 19.9. The third-order valence-electron chi connectivity index (χ3n) is 4.03. The lowest BCUT2D eigenvalue weighted by Gasteiger charge is -2.15. The summed E-state index contributed by atoms with van der Waals surface area (Å²) in [4.78, 5) is 12.4. The summed E-state index contributed by atoms with van der Waals surface area (Å²) in [6, 6.07) is 11.2. The quantitative estimate of drug-likeness (QED) is 0.560. The molecule has 0 fully saturated rings. The van der Waals surface area contributed by atoms with E-state index in [4.69, 9.17) is 17.0 Å². The van der Waals surface area contributed by atoms with Crippen LogP contribution >= 0.6 is 12.2 Å². The van der Waals surface area contributed by atoms with Crippen molar-refractivity contribution in [3.8, 4) is 5.75 Å². The van der Waals surface area contributed by atoms with Gasteiger partial charge in [-0.2, -0.15) is 0 Å². The van der Waals surface area contributed by atoms with E-state index in [1.54, 1.807) is 24.3 Å². The fraction of sp³-hybridized carbons (Fsp3) is 0.333. The fourth-order valence-corrected chi connectivity index (χ4v) is 2.93. The number of anilines is 1. The van der Waals surface area contributed by atoms with Crippen LogP contribution in [0.2, 0.25) is 0 Å². The second-order valence-electron chi connectivity index (χ2n) is 6.41. The van der Waals surface area contributed by atoms with E-state index in [1.165, 1.54) is 5.56 Å². The minimum Gasteiger partial charge on any atom is -0.494 e. The van der Waals surface area contributed by atoms with Crippen molar-refractivity contribution in [1.29, 1.82) is 0 Å². The van der Waals surface area contributed by atoms with Gasteiger partial charge in [0, 0.05) is 11.3 Å². The average molecular weight is 371 g/mol. The normalized spacial score (nSPS) is 10.3.